The molecule has 0 saturated carbocycles. The van der Waals surface area contributed by atoms with Crippen molar-refractivity contribution in [1.82, 2.24) is 9.97 Å². The van der Waals surface area contributed by atoms with Gasteiger partial charge in [-0.05, 0) is 47.5 Å². The minimum atomic E-state index is 0.543. The van der Waals surface area contributed by atoms with Crippen LogP contribution in [0.15, 0.2) is 76.7 Å². The third-order valence-corrected chi connectivity index (χ3v) is 5.42. The normalized spacial score (nSPS) is 11.1. The van der Waals surface area contributed by atoms with Gasteiger partial charge in [0.15, 0.2) is 0 Å². The van der Waals surface area contributed by atoms with E-state index in [1.165, 1.54) is 0 Å². The van der Waals surface area contributed by atoms with Crippen LogP contribution in [0.4, 0.5) is 0 Å². The maximum Gasteiger partial charge on any atom is 0.138 e. The average Bonchev–Trinajstić information content (AvgIpc) is 3.02. The smallest absolute Gasteiger partial charge is 0.138 e. The van der Waals surface area contributed by atoms with Gasteiger partial charge in [0.1, 0.15) is 5.65 Å². The van der Waals surface area contributed by atoms with Gasteiger partial charge in [-0.2, -0.15) is 0 Å². The van der Waals surface area contributed by atoms with Gasteiger partial charge in [-0.15, -0.1) is 0 Å². The number of aromatic amines is 1. The van der Waals surface area contributed by atoms with E-state index >= 15 is 0 Å². The zero-order valence-corrected chi connectivity index (χ0v) is 14.9. The number of hydrogen-bond donors (Lipinski definition) is 2. The average molecular weight is 366 g/mol. The Hall–Kier alpha value is -2.27. The molecule has 0 saturated heterocycles. The maximum absolute atomic E-state index is 6.01. The fourth-order valence-corrected chi connectivity index (χ4v) is 3.91. The second-order valence-electron chi connectivity index (χ2n) is 5.69. The number of pyridine rings is 1. The molecule has 0 unspecified atom stereocenters. The molecule has 0 aliphatic heterocycles. The molecule has 5 heteroatoms. The van der Waals surface area contributed by atoms with E-state index in [-0.39, 0.29) is 0 Å². The lowest BCUT2D eigenvalue weighted by Crippen LogP contribution is -1.95. The van der Waals surface area contributed by atoms with E-state index in [0.29, 0.717) is 6.54 Å². The second kappa shape index (κ2) is 6.92. The molecule has 0 radical (unpaired) electrons. The molecule has 4 rings (SSSR count). The Morgan fingerprint density at radius 1 is 1.00 bits per heavy atom. The lowest BCUT2D eigenvalue weighted by molar-refractivity contribution is 1.07. The van der Waals surface area contributed by atoms with Crippen LogP contribution in [0.3, 0.4) is 0 Å². The Morgan fingerprint density at radius 2 is 1.76 bits per heavy atom. The first-order chi connectivity index (χ1) is 12.2. The van der Waals surface area contributed by atoms with Crippen LogP contribution in [0, 0.1) is 0 Å². The molecule has 4 aromatic rings. The van der Waals surface area contributed by atoms with Gasteiger partial charge in [0.2, 0.25) is 0 Å². The van der Waals surface area contributed by atoms with Crippen molar-refractivity contribution in [3.63, 3.8) is 0 Å². The molecule has 3 nitrogen and oxygen atoms in total. The fraction of sp³-hybridized carbons (Fsp3) is 0.0500. The van der Waals surface area contributed by atoms with Crippen molar-refractivity contribution < 1.29 is 0 Å². The molecule has 0 atom stereocenters. The Balaban J connectivity index is 1.83. The number of benzene rings is 2. The molecule has 0 spiro atoms. The molecule has 3 N–H and O–H groups in total. The van der Waals surface area contributed by atoms with Crippen molar-refractivity contribution in [2.75, 3.05) is 0 Å². The number of hydrogen-bond acceptors (Lipinski definition) is 3. The number of nitrogens with one attached hydrogen (secondary N) is 1. The Kier molecular flexibility index (Phi) is 4.49. The summed E-state index contributed by atoms with van der Waals surface area (Å²) >= 11 is 7.72. The third kappa shape index (κ3) is 3.29. The fourth-order valence-electron chi connectivity index (χ4n) is 2.74. The van der Waals surface area contributed by atoms with E-state index in [9.17, 15) is 0 Å². The van der Waals surface area contributed by atoms with Gasteiger partial charge >= 0.3 is 0 Å². The molecule has 25 heavy (non-hydrogen) atoms. The first-order valence-electron chi connectivity index (χ1n) is 7.94. The summed E-state index contributed by atoms with van der Waals surface area (Å²) < 4.78 is 0. The van der Waals surface area contributed by atoms with Gasteiger partial charge in [-0.25, -0.2) is 4.98 Å². The van der Waals surface area contributed by atoms with Crippen molar-refractivity contribution in [1.29, 1.82) is 0 Å². The van der Waals surface area contributed by atoms with Crippen LogP contribution in [-0.2, 0) is 6.54 Å². The van der Waals surface area contributed by atoms with Crippen molar-refractivity contribution in [2.45, 2.75) is 16.3 Å². The molecule has 2 aromatic heterocycles. The highest BCUT2D eigenvalue weighted by Crippen LogP contribution is 2.40. The Labute approximate surface area is 155 Å². The number of fused-ring (bicyclic) bond motifs is 1. The third-order valence-electron chi connectivity index (χ3n) is 4.03. The monoisotopic (exact) mass is 365 g/mol. The van der Waals surface area contributed by atoms with Crippen molar-refractivity contribution >= 4 is 34.4 Å². The minimum absolute atomic E-state index is 0.543. The highest BCUT2D eigenvalue weighted by molar-refractivity contribution is 7.99. The van der Waals surface area contributed by atoms with Gasteiger partial charge in [-0.3, -0.25) is 0 Å². The second-order valence-corrected chi connectivity index (χ2v) is 7.21. The van der Waals surface area contributed by atoms with E-state index in [2.05, 4.69) is 40.3 Å². The van der Waals surface area contributed by atoms with Crippen LogP contribution in [0.1, 0.15) is 5.56 Å². The lowest BCUT2D eigenvalue weighted by atomic mass is 10.1. The van der Waals surface area contributed by atoms with E-state index < -0.39 is 0 Å². The standard InChI is InChI=1S/C20H16ClN3S/c21-15-7-9-16(10-8-15)25-19-17-2-1-11-23-20(17)24-18(19)14-5-3-13(12-22)4-6-14/h1-11H,12,22H2,(H,23,24). The molecule has 0 aliphatic carbocycles. The maximum atomic E-state index is 6.01. The van der Waals surface area contributed by atoms with E-state index in [4.69, 9.17) is 17.3 Å². The molecule has 0 fully saturated rings. The molecular weight excluding hydrogens is 350 g/mol. The molecule has 124 valence electrons. The molecule has 0 bridgehead atoms. The summed E-state index contributed by atoms with van der Waals surface area (Å²) in [7, 11) is 0. The lowest BCUT2D eigenvalue weighted by Gasteiger charge is -2.06. The van der Waals surface area contributed by atoms with Crippen LogP contribution in [0.25, 0.3) is 22.3 Å². The number of H-pyrrole nitrogens is 1. The van der Waals surface area contributed by atoms with Crippen molar-refractivity contribution in [3.8, 4) is 11.3 Å². The van der Waals surface area contributed by atoms with E-state index in [1.807, 2.05) is 30.3 Å². The van der Waals surface area contributed by atoms with Crippen LogP contribution >= 0.6 is 23.4 Å². The minimum Gasteiger partial charge on any atom is -0.338 e. The van der Waals surface area contributed by atoms with E-state index in [0.717, 1.165) is 42.7 Å². The summed E-state index contributed by atoms with van der Waals surface area (Å²) in [5.41, 5.74) is 9.90. The summed E-state index contributed by atoms with van der Waals surface area (Å²) in [6.45, 7) is 0.543. The largest absolute Gasteiger partial charge is 0.338 e. The summed E-state index contributed by atoms with van der Waals surface area (Å²) in [6.07, 6.45) is 1.80. The number of nitrogens with two attached hydrogens (primary N) is 1. The SMILES string of the molecule is NCc1ccc(-c2[nH]c3ncccc3c2Sc2ccc(Cl)cc2)cc1. The first-order valence-corrected chi connectivity index (χ1v) is 9.13. The van der Waals surface area contributed by atoms with Gasteiger partial charge in [0.25, 0.3) is 0 Å². The predicted octanol–water partition coefficient (Wildman–Crippen LogP) is 5.49. The summed E-state index contributed by atoms with van der Waals surface area (Å²) in [5, 5.41) is 1.85. The number of halogens is 1. The Bertz CT molecular complexity index is 1010. The van der Waals surface area contributed by atoms with Gasteiger partial charge in [0.05, 0.1) is 5.69 Å². The summed E-state index contributed by atoms with van der Waals surface area (Å²) in [4.78, 5) is 10.2. The zero-order chi connectivity index (χ0) is 17.2. The quantitative estimate of drug-likeness (QED) is 0.502. The van der Waals surface area contributed by atoms with Gasteiger partial charge in [-0.1, -0.05) is 47.6 Å². The predicted molar refractivity (Wildman–Crippen MR) is 105 cm³/mol. The Morgan fingerprint density at radius 3 is 2.48 bits per heavy atom. The van der Waals surface area contributed by atoms with Crippen molar-refractivity contribution in [3.05, 3.63) is 77.4 Å². The van der Waals surface area contributed by atoms with Crippen LogP contribution < -0.4 is 5.73 Å². The highest BCUT2D eigenvalue weighted by atomic mass is 35.5. The zero-order valence-electron chi connectivity index (χ0n) is 13.4. The van der Waals surface area contributed by atoms with Crippen LogP contribution in [0.5, 0.6) is 0 Å². The van der Waals surface area contributed by atoms with Gasteiger partial charge < -0.3 is 10.7 Å². The van der Waals surface area contributed by atoms with E-state index in [1.54, 1.807) is 18.0 Å². The number of aromatic nitrogens is 2. The molecule has 0 amide bonds. The topological polar surface area (TPSA) is 54.7 Å². The summed E-state index contributed by atoms with van der Waals surface area (Å²) in [6, 6.07) is 20.2. The molecule has 0 aliphatic rings. The number of nitrogens with zero attached hydrogens (tertiary/aromatic N) is 1. The van der Waals surface area contributed by atoms with Crippen LogP contribution in [0.2, 0.25) is 5.02 Å². The summed E-state index contributed by atoms with van der Waals surface area (Å²) in [5.74, 6) is 0. The number of rotatable bonds is 4. The van der Waals surface area contributed by atoms with Gasteiger partial charge in [0, 0.05) is 32.9 Å². The molecule has 2 aromatic carbocycles. The highest BCUT2D eigenvalue weighted by Gasteiger charge is 2.15. The van der Waals surface area contributed by atoms with Crippen LogP contribution in [-0.4, -0.2) is 9.97 Å². The first kappa shape index (κ1) is 16.2. The van der Waals surface area contributed by atoms with Crippen molar-refractivity contribution in [2.24, 2.45) is 5.73 Å². The molecule has 2 heterocycles. The molecular formula is C20H16ClN3S.